The van der Waals surface area contributed by atoms with Gasteiger partial charge in [-0.05, 0) is 37.3 Å². The van der Waals surface area contributed by atoms with Crippen molar-refractivity contribution in [1.82, 2.24) is 5.43 Å². The van der Waals surface area contributed by atoms with Gasteiger partial charge in [0.05, 0.1) is 36.9 Å². The average molecular weight is 424 g/mol. The van der Waals surface area contributed by atoms with Crippen LogP contribution in [0.5, 0.6) is 11.5 Å². The van der Waals surface area contributed by atoms with Gasteiger partial charge in [0, 0.05) is 16.8 Å². The highest BCUT2D eigenvalue weighted by Crippen LogP contribution is 2.29. The normalized spacial score (nSPS) is 11.0. The number of methoxy groups -OCH3 is 2. The summed E-state index contributed by atoms with van der Waals surface area (Å²) in [6.45, 7) is 1.62. The van der Waals surface area contributed by atoms with Crippen molar-refractivity contribution in [3.8, 4) is 11.5 Å². The molecule has 2 aromatic rings. The number of hydrogen-bond donors (Lipinski definition) is 2. The number of hydrogen-bond acceptors (Lipinski definition) is 5. The quantitative estimate of drug-likeness (QED) is 0.517. The molecular weight excluding hydrogens is 405 g/mol. The molecule has 0 aliphatic rings. The lowest BCUT2D eigenvalue weighted by Gasteiger charge is -2.11. The number of carbonyl (C=O) groups excluding carboxylic acids is 2. The largest absolute Gasteiger partial charge is 0.497 e. The predicted molar refractivity (Wildman–Crippen MR) is 110 cm³/mol. The van der Waals surface area contributed by atoms with Crippen LogP contribution >= 0.6 is 23.2 Å². The van der Waals surface area contributed by atoms with Gasteiger partial charge in [-0.25, -0.2) is 5.43 Å². The molecule has 0 aliphatic carbocycles. The zero-order valence-corrected chi connectivity index (χ0v) is 17.0. The minimum atomic E-state index is -0.504. The molecular formula is C19H19Cl2N3O4. The van der Waals surface area contributed by atoms with Crippen LogP contribution in [0.1, 0.15) is 23.7 Å². The number of carbonyl (C=O) groups is 2. The molecule has 2 aromatic carbocycles. The zero-order valence-electron chi connectivity index (χ0n) is 15.5. The van der Waals surface area contributed by atoms with Crippen LogP contribution < -0.4 is 20.2 Å². The molecule has 2 rings (SSSR count). The van der Waals surface area contributed by atoms with Crippen molar-refractivity contribution in [3.63, 3.8) is 0 Å². The highest BCUT2D eigenvalue weighted by Gasteiger charge is 2.12. The Morgan fingerprint density at radius 1 is 1.07 bits per heavy atom. The number of anilines is 1. The maximum absolute atomic E-state index is 12.3. The first-order chi connectivity index (χ1) is 13.3. The summed E-state index contributed by atoms with van der Waals surface area (Å²) >= 11 is 11.8. The van der Waals surface area contributed by atoms with Crippen LogP contribution in [0.25, 0.3) is 0 Å². The molecule has 0 aromatic heterocycles. The van der Waals surface area contributed by atoms with E-state index in [4.69, 9.17) is 32.7 Å². The molecule has 0 heterocycles. The van der Waals surface area contributed by atoms with Gasteiger partial charge in [-0.1, -0.05) is 23.2 Å². The van der Waals surface area contributed by atoms with E-state index >= 15 is 0 Å². The first-order valence-electron chi connectivity index (χ1n) is 8.14. The Hall–Kier alpha value is -2.77. The second kappa shape index (κ2) is 9.96. The molecule has 7 nitrogen and oxygen atoms in total. The van der Waals surface area contributed by atoms with Crippen molar-refractivity contribution >= 4 is 46.4 Å². The van der Waals surface area contributed by atoms with Gasteiger partial charge in [0.25, 0.3) is 5.91 Å². The topological polar surface area (TPSA) is 89.0 Å². The minimum Gasteiger partial charge on any atom is -0.497 e. The zero-order chi connectivity index (χ0) is 20.7. The van der Waals surface area contributed by atoms with E-state index < -0.39 is 5.91 Å². The first kappa shape index (κ1) is 21.5. The molecule has 0 fully saturated rings. The molecule has 0 radical (unpaired) electrons. The fourth-order valence-corrected chi connectivity index (χ4v) is 2.75. The molecule has 2 amide bonds. The first-order valence-corrected chi connectivity index (χ1v) is 8.90. The number of ether oxygens (including phenoxy) is 2. The molecule has 0 spiro atoms. The average Bonchev–Trinajstić information content (AvgIpc) is 2.65. The number of hydrazone groups is 1. The van der Waals surface area contributed by atoms with Gasteiger partial charge < -0.3 is 14.8 Å². The van der Waals surface area contributed by atoms with E-state index in [0.717, 1.165) is 0 Å². The molecule has 2 N–H and O–H groups in total. The predicted octanol–water partition coefficient (Wildman–Crippen LogP) is 4.15. The van der Waals surface area contributed by atoms with E-state index in [-0.39, 0.29) is 22.9 Å². The lowest BCUT2D eigenvalue weighted by Crippen LogP contribution is -2.22. The Bertz CT molecular complexity index is 916. The summed E-state index contributed by atoms with van der Waals surface area (Å²) in [6.07, 6.45) is -0.0327. The minimum absolute atomic E-state index is 0.0327. The Morgan fingerprint density at radius 2 is 1.82 bits per heavy atom. The summed E-state index contributed by atoms with van der Waals surface area (Å²) in [4.78, 5) is 24.4. The number of halogens is 2. The van der Waals surface area contributed by atoms with Gasteiger partial charge in [-0.15, -0.1) is 0 Å². The van der Waals surface area contributed by atoms with Crippen molar-refractivity contribution in [1.29, 1.82) is 0 Å². The van der Waals surface area contributed by atoms with Gasteiger partial charge in [0.1, 0.15) is 11.5 Å². The van der Waals surface area contributed by atoms with Gasteiger partial charge in [-0.3, -0.25) is 9.59 Å². The van der Waals surface area contributed by atoms with Crippen molar-refractivity contribution in [2.75, 3.05) is 19.5 Å². The monoisotopic (exact) mass is 423 g/mol. The Labute approximate surface area is 172 Å². The Balaban J connectivity index is 1.99. The van der Waals surface area contributed by atoms with Gasteiger partial charge >= 0.3 is 0 Å². The molecule has 0 aliphatic heterocycles. The third kappa shape index (κ3) is 5.87. The van der Waals surface area contributed by atoms with Gasteiger partial charge in [0.15, 0.2) is 0 Å². The maximum Gasteiger partial charge on any atom is 0.272 e. The fourth-order valence-electron chi connectivity index (χ4n) is 2.26. The summed E-state index contributed by atoms with van der Waals surface area (Å²) in [7, 11) is 3.03. The number of nitrogens with zero attached hydrogens (tertiary/aromatic N) is 1. The smallest absolute Gasteiger partial charge is 0.272 e. The van der Waals surface area contributed by atoms with Crippen molar-refractivity contribution in [3.05, 3.63) is 52.0 Å². The number of benzene rings is 2. The molecule has 9 heteroatoms. The lowest BCUT2D eigenvalue weighted by atomic mass is 10.2. The van der Waals surface area contributed by atoms with E-state index in [9.17, 15) is 9.59 Å². The van der Waals surface area contributed by atoms with Crippen LogP contribution in [-0.2, 0) is 4.79 Å². The van der Waals surface area contributed by atoms with Crippen LogP contribution in [-0.4, -0.2) is 31.7 Å². The highest BCUT2D eigenvalue weighted by molar-refractivity contribution is 6.36. The summed E-state index contributed by atoms with van der Waals surface area (Å²) in [5.41, 5.74) is 3.47. The third-order valence-corrected chi connectivity index (χ3v) is 4.17. The van der Waals surface area contributed by atoms with Crippen LogP contribution in [0.4, 0.5) is 5.69 Å². The molecule has 0 saturated heterocycles. The van der Waals surface area contributed by atoms with Crippen molar-refractivity contribution in [2.24, 2.45) is 5.10 Å². The van der Waals surface area contributed by atoms with Crippen LogP contribution in [0, 0.1) is 0 Å². The van der Waals surface area contributed by atoms with E-state index in [2.05, 4.69) is 15.8 Å². The summed E-state index contributed by atoms with van der Waals surface area (Å²) in [5.74, 6) is 0.241. The number of nitrogens with one attached hydrogen (secondary N) is 2. The highest BCUT2D eigenvalue weighted by atomic mass is 35.5. The van der Waals surface area contributed by atoms with E-state index in [1.165, 1.54) is 26.4 Å². The van der Waals surface area contributed by atoms with Crippen molar-refractivity contribution < 1.29 is 19.1 Å². The Kier molecular flexibility index (Phi) is 7.66. The molecule has 0 bridgehead atoms. The number of rotatable bonds is 7. The SMILES string of the molecule is COc1ccc(OC)c(NC(=O)C/C(C)=N\NC(=O)c2ccc(Cl)cc2Cl)c1. The molecule has 0 saturated carbocycles. The third-order valence-electron chi connectivity index (χ3n) is 3.62. The summed E-state index contributed by atoms with van der Waals surface area (Å²) in [6, 6.07) is 9.56. The maximum atomic E-state index is 12.3. The molecule has 28 heavy (non-hydrogen) atoms. The van der Waals surface area contributed by atoms with Crippen LogP contribution in [0.2, 0.25) is 10.0 Å². The van der Waals surface area contributed by atoms with Crippen LogP contribution in [0.3, 0.4) is 0 Å². The standard InChI is InChI=1S/C19H19Cl2N3O4/c1-11(23-24-19(26)14-6-4-12(20)9-15(14)21)8-18(25)22-16-10-13(27-2)5-7-17(16)28-3/h4-7,9-10H,8H2,1-3H3,(H,22,25)(H,24,26)/b23-11-. The van der Waals surface area contributed by atoms with Crippen molar-refractivity contribution in [2.45, 2.75) is 13.3 Å². The summed E-state index contributed by atoms with van der Waals surface area (Å²) in [5, 5.41) is 7.29. The lowest BCUT2D eigenvalue weighted by molar-refractivity contribution is -0.115. The number of amides is 2. The molecule has 0 atom stereocenters. The van der Waals surface area contributed by atoms with Gasteiger partial charge in [-0.2, -0.15) is 5.10 Å². The van der Waals surface area contributed by atoms with Gasteiger partial charge in [0.2, 0.25) is 5.91 Å². The molecule has 0 unspecified atom stereocenters. The fraction of sp³-hybridized carbons (Fsp3) is 0.211. The molecule has 148 valence electrons. The summed E-state index contributed by atoms with van der Waals surface area (Å²) < 4.78 is 10.4. The second-order valence-electron chi connectivity index (χ2n) is 5.70. The van der Waals surface area contributed by atoms with E-state index in [1.54, 1.807) is 31.2 Å². The Morgan fingerprint density at radius 3 is 2.46 bits per heavy atom. The second-order valence-corrected chi connectivity index (χ2v) is 6.55. The van der Waals surface area contributed by atoms with E-state index in [1.807, 2.05) is 0 Å². The van der Waals surface area contributed by atoms with Crippen LogP contribution in [0.15, 0.2) is 41.5 Å². The van der Waals surface area contributed by atoms with E-state index in [0.29, 0.717) is 27.9 Å².